The zero-order valence-electron chi connectivity index (χ0n) is 20.2. The molecule has 0 unspecified atom stereocenters. The molecule has 1 N–H and O–H groups in total. The van der Waals surface area contributed by atoms with Crippen molar-refractivity contribution in [3.63, 3.8) is 0 Å². The molecule has 2 heterocycles. The fourth-order valence-electron chi connectivity index (χ4n) is 4.30. The predicted octanol–water partition coefficient (Wildman–Crippen LogP) is 4.40. The SMILES string of the molecule is C[C@@H]1[C@@H](C(=O)NCc2cc(-c3cnc(C(F)(F)F)nc3)ccc2F)N(S(=O)(=O)c2ccc(F)cc2)C[C@@H]1C. The number of carbonyl (C=O) groups excluding carboxylic acids is 1. The summed E-state index contributed by atoms with van der Waals surface area (Å²) in [5.41, 5.74) is 0.565. The molecule has 202 valence electrons. The van der Waals surface area contributed by atoms with Crippen LogP contribution in [0.25, 0.3) is 11.1 Å². The maximum absolute atomic E-state index is 14.5. The number of hydrogen-bond donors (Lipinski definition) is 1. The third kappa shape index (κ3) is 5.53. The Balaban J connectivity index is 1.53. The lowest BCUT2D eigenvalue weighted by molar-refractivity contribution is -0.145. The third-order valence-corrected chi connectivity index (χ3v) is 8.46. The molecule has 0 saturated carbocycles. The average molecular weight is 555 g/mol. The van der Waals surface area contributed by atoms with Crippen LogP contribution in [0.2, 0.25) is 0 Å². The van der Waals surface area contributed by atoms with Gasteiger partial charge in [0.05, 0.1) is 4.90 Å². The Hall–Kier alpha value is -3.45. The summed E-state index contributed by atoms with van der Waals surface area (Å²) in [5, 5.41) is 2.58. The Bertz CT molecular complexity index is 1430. The number of carbonyl (C=O) groups is 1. The maximum Gasteiger partial charge on any atom is 0.451 e. The number of hydrogen-bond acceptors (Lipinski definition) is 5. The zero-order chi connectivity index (χ0) is 27.8. The molecule has 1 amide bonds. The van der Waals surface area contributed by atoms with E-state index in [0.717, 1.165) is 47.0 Å². The monoisotopic (exact) mass is 554 g/mol. The summed E-state index contributed by atoms with van der Waals surface area (Å²) in [5.74, 6) is -3.77. The largest absolute Gasteiger partial charge is 0.451 e. The summed E-state index contributed by atoms with van der Waals surface area (Å²) in [6.45, 7) is 3.31. The van der Waals surface area contributed by atoms with E-state index < -0.39 is 45.6 Å². The van der Waals surface area contributed by atoms with E-state index >= 15 is 0 Å². The minimum atomic E-state index is -4.70. The van der Waals surface area contributed by atoms with Crippen molar-refractivity contribution in [1.82, 2.24) is 19.6 Å². The molecule has 0 radical (unpaired) electrons. The van der Waals surface area contributed by atoms with E-state index in [1.165, 1.54) is 12.1 Å². The van der Waals surface area contributed by atoms with Crippen molar-refractivity contribution in [2.45, 2.75) is 37.5 Å². The van der Waals surface area contributed by atoms with E-state index in [1.807, 2.05) is 0 Å². The molecule has 0 aliphatic carbocycles. The maximum atomic E-state index is 14.5. The second kappa shape index (κ2) is 10.4. The lowest BCUT2D eigenvalue weighted by Gasteiger charge is -2.25. The molecule has 0 spiro atoms. The van der Waals surface area contributed by atoms with Crippen LogP contribution >= 0.6 is 0 Å². The molecule has 38 heavy (non-hydrogen) atoms. The number of nitrogens with zero attached hydrogens (tertiary/aromatic N) is 3. The van der Waals surface area contributed by atoms with Crippen LogP contribution in [0.1, 0.15) is 25.2 Å². The minimum Gasteiger partial charge on any atom is -0.351 e. The molecular weight excluding hydrogens is 531 g/mol. The number of alkyl halides is 3. The van der Waals surface area contributed by atoms with Crippen molar-refractivity contribution in [3.8, 4) is 11.1 Å². The van der Waals surface area contributed by atoms with Gasteiger partial charge in [0.25, 0.3) is 0 Å². The van der Waals surface area contributed by atoms with Crippen molar-refractivity contribution in [2.75, 3.05) is 6.54 Å². The molecule has 13 heteroatoms. The summed E-state index contributed by atoms with van der Waals surface area (Å²) < 4.78 is 93.6. The van der Waals surface area contributed by atoms with E-state index in [0.29, 0.717) is 5.56 Å². The van der Waals surface area contributed by atoms with Gasteiger partial charge < -0.3 is 5.32 Å². The molecular formula is C25H23F5N4O3S. The summed E-state index contributed by atoms with van der Waals surface area (Å²) >= 11 is 0. The number of sulfonamides is 1. The van der Waals surface area contributed by atoms with E-state index in [2.05, 4.69) is 15.3 Å². The molecule has 4 rings (SSSR count). The fourth-order valence-corrected chi connectivity index (χ4v) is 6.07. The lowest BCUT2D eigenvalue weighted by Crippen LogP contribution is -2.47. The molecule has 1 saturated heterocycles. The number of halogens is 5. The van der Waals surface area contributed by atoms with Gasteiger partial charge in [-0.2, -0.15) is 17.5 Å². The van der Waals surface area contributed by atoms with Crippen molar-refractivity contribution >= 4 is 15.9 Å². The Labute approximate surface area is 215 Å². The summed E-state index contributed by atoms with van der Waals surface area (Å²) in [6.07, 6.45) is -2.78. The van der Waals surface area contributed by atoms with Crippen LogP contribution in [-0.2, 0) is 27.5 Å². The quantitative estimate of drug-likeness (QED) is 0.456. The van der Waals surface area contributed by atoms with Gasteiger partial charge in [-0.1, -0.05) is 19.9 Å². The molecule has 3 aromatic rings. The molecule has 2 aromatic carbocycles. The molecule has 1 aliphatic rings. The van der Waals surface area contributed by atoms with Crippen LogP contribution in [0.3, 0.4) is 0 Å². The topological polar surface area (TPSA) is 92.3 Å². The Morgan fingerprint density at radius 2 is 1.66 bits per heavy atom. The van der Waals surface area contributed by atoms with Gasteiger partial charge in [-0.05, 0) is 53.8 Å². The number of nitrogens with one attached hydrogen (secondary N) is 1. The van der Waals surface area contributed by atoms with Crippen LogP contribution < -0.4 is 5.32 Å². The zero-order valence-corrected chi connectivity index (χ0v) is 21.0. The van der Waals surface area contributed by atoms with Gasteiger partial charge in [0, 0.05) is 36.6 Å². The normalized spacial score (nSPS) is 20.4. The van der Waals surface area contributed by atoms with E-state index in [1.54, 1.807) is 13.8 Å². The number of benzene rings is 2. The van der Waals surface area contributed by atoms with Gasteiger partial charge >= 0.3 is 6.18 Å². The van der Waals surface area contributed by atoms with E-state index in [-0.39, 0.29) is 40.9 Å². The van der Waals surface area contributed by atoms with Crippen LogP contribution in [0.4, 0.5) is 22.0 Å². The number of amides is 1. The Morgan fingerprint density at radius 1 is 1.03 bits per heavy atom. The van der Waals surface area contributed by atoms with Gasteiger partial charge in [-0.25, -0.2) is 27.2 Å². The van der Waals surface area contributed by atoms with Crippen LogP contribution in [0, 0.1) is 23.5 Å². The highest BCUT2D eigenvalue weighted by atomic mass is 32.2. The van der Waals surface area contributed by atoms with Crippen LogP contribution in [0.15, 0.2) is 59.8 Å². The molecule has 1 fully saturated rings. The Morgan fingerprint density at radius 3 is 2.26 bits per heavy atom. The van der Waals surface area contributed by atoms with Gasteiger partial charge in [-0.15, -0.1) is 0 Å². The number of rotatable bonds is 6. The van der Waals surface area contributed by atoms with E-state index in [4.69, 9.17) is 0 Å². The smallest absolute Gasteiger partial charge is 0.351 e. The third-order valence-electron chi connectivity index (χ3n) is 6.60. The standard InChI is InChI=1S/C25H23F5N4O3S/c1-14-13-34(38(36,37)20-6-4-19(26)5-7-20)22(15(14)2)23(35)31-10-17-9-16(3-8-21(17)27)18-11-32-24(33-12-18)25(28,29)30/h3-9,11-12,14-15,22H,10,13H2,1-2H3,(H,31,35)/t14-,15-,22-/m0/s1. The molecule has 1 aliphatic heterocycles. The second-order valence-electron chi connectivity index (χ2n) is 9.13. The first kappa shape index (κ1) is 27.6. The van der Waals surface area contributed by atoms with Crippen LogP contribution in [-0.4, -0.2) is 41.2 Å². The molecule has 1 aromatic heterocycles. The van der Waals surface area contributed by atoms with Gasteiger partial charge in [0.15, 0.2) is 0 Å². The summed E-state index contributed by atoms with van der Waals surface area (Å²) in [4.78, 5) is 19.6. The highest BCUT2D eigenvalue weighted by Crippen LogP contribution is 2.34. The van der Waals surface area contributed by atoms with E-state index in [9.17, 15) is 35.2 Å². The first-order chi connectivity index (χ1) is 17.8. The first-order valence-corrected chi connectivity index (χ1v) is 13.0. The van der Waals surface area contributed by atoms with Crippen molar-refractivity contribution in [1.29, 1.82) is 0 Å². The average Bonchev–Trinajstić information content (AvgIpc) is 3.18. The predicted molar refractivity (Wildman–Crippen MR) is 127 cm³/mol. The molecule has 0 bridgehead atoms. The van der Waals surface area contributed by atoms with Gasteiger partial charge in [0.2, 0.25) is 21.8 Å². The highest BCUT2D eigenvalue weighted by molar-refractivity contribution is 7.89. The highest BCUT2D eigenvalue weighted by Gasteiger charge is 2.47. The fraction of sp³-hybridized carbons (Fsp3) is 0.320. The number of aromatic nitrogens is 2. The minimum absolute atomic E-state index is 0.0300. The van der Waals surface area contributed by atoms with Crippen LogP contribution in [0.5, 0.6) is 0 Å². The van der Waals surface area contributed by atoms with Crippen molar-refractivity contribution < 1.29 is 35.2 Å². The molecule has 3 atom stereocenters. The van der Waals surface area contributed by atoms with Crippen molar-refractivity contribution in [2.24, 2.45) is 11.8 Å². The first-order valence-electron chi connectivity index (χ1n) is 11.5. The van der Waals surface area contributed by atoms with Gasteiger partial charge in [-0.3, -0.25) is 4.79 Å². The van der Waals surface area contributed by atoms with Gasteiger partial charge in [0.1, 0.15) is 17.7 Å². The Kier molecular flexibility index (Phi) is 7.53. The summed E-state index contributed by atoms with van der Waals surface area (Å²) in [6, 6.07) is 6.97. The summed E-state index contributed by atoms with van der Waals surface area (Å²) in [7, 11) is -4.13. The lowest BCUT2D eigenvalue weighted by atomic mass is 9.94. The van der Waals surface area contributed by atoms with Crippen molar-refractivity contribution in [3.05, 3.63) is 77.9 Å². The molecule has 7 nitrogen and oxygen atoms in total. The second-order valence-corrected chi connectivity index (χ2v) is 11.0.